The molecular formula is C31H31FN2O9. The molecule has 1 fully saturated rings. The lowest BCUT2D eigenvalue weighted by atomic mass is 9.86. The first-order valence-corrected chi connectivity index (χ1v) is 13.3. The third kappa shape index (κ3) is 6.85. The predicted octanol–water partition coefficient (Wildman–Crippen LogP) is 4.41. The molecule has 1 saturated heterocycles. The number of rotatable bonds is 9. The van der Waals surface area contributed by atoms with Gasteiger partial charge in [-0.2, -0.15) is 0 Å². The number of Topliss-reactive ketones (excluding diaryl/α,β-unsaturated/α-hetero) is 1. The van der Waals surface area contributed by atoms with Crippen LogP contribution in [0, 0.1) is 11.7 Å². The molecule has 1 aliphatic rings. The maximum atomic E-state index is 15.3. The number of amides is 2. The highest BCUT2D eigenvalue weighted by atomic mass is 19.1. The molecule has 1 aliphatic heterocycles. The molecule has 0 aromatic heterocycles. The molecule has 2 amide bonds. The number of halogens is 1. The number of carbonyl (C=O) groups excluding carboxylic acids is 3. The van der Waals surface area contributed by atoms with Crippen molar-refractivity contribution in [1.29, 1.82) is 0 Å². The summed E-state index contributed by atoms with van der Waals surface area (Å²) in [7, 11) is 4.07. The third-order valence-corrected chi connectivity index (χ3v) is 7.14. The smallest absolute Gasteiger partial charge is 0.410 e. The second-order valence-electron chi connectivity index (χ2n) is 9.67. The van der Waals surface area contributed by atoms with Crippen molar-refractivity contribution in [2.45, 2.75) is 25.1 Å². The van der Waals surface area contributed by atoms with Gasteiger partial charge in [-0.05, 0) is 49.2 Å². The van der Waals surface area contributed by atoms with Crippen LogP contribution in [0.15, 0.2) is 66.7 Å². The van der Waals surface area contributed by atoms with Crippen LogP contribution in [0.4, 0.5) is 9.18 Å². The number of hydrogen-bond donors (Lipinski definition) is 2. The van der Waals surface area contributed by atoms with Crippen LogP contribution in [0.3, 0.4) is 0 Å². The molecule has 3 aromatic carbocycles. The SMILES string of the molecule is COc1cc(OC)cc(C(=O)NC2C(C(=O)c3cccc(OC)c3F)CCCN(C(=O)O)C2OC(=O)c2ccccc2)c1. The highest BCUT2D eigenvalue weighted by Gasteiger charge is 2.45. The van der Waals surface area contributed by atoms with E-state index in [9.17, 15) is 24.3 Å². The Balaban J connectivity index is 1.81. The molecule has 3 atom stereocenters. The van der Waals surface area contributed by atoms with Gasteiger partial charge in [-0.15, -0.1) is 0 Å². The highest BCUT2D eigenvalue weighted by Crippen LogP contribution is 2.31. The van der Waals surface area contributed by atoms with Gasteiger partial charge >= 0.3 is 12.1 Å². The first-order chi connectivity index (χ1) is 20.7. The Kier molecular flexibility index (Phi) is 9.81. The second kappa shape index (κ2) is 13.7. The van der Waals surface area contributed by atoms with Crippen molar-refractivity contribution in [2.75, 3.05) is 27.9 Å². The Hall–Kier alpha value is -5.13. The monoisotopic (exact) mass is 594 g/mol. The first-order valence-electron chi connectivity index (χ1n) is 13.3. The molecule has 43 heavy (non-hydrogen) atoms. The third-order valence-electron chi connectivity index (χ3n) is 7.14. The minimum Gasteiger partial charge on any atom is -0.497 e. The van der Waals surface area contributed by atoms with E-state index in [1.165, 1.54) is 63.8 Å². The number of likely N-dealkylation sites (tertiary alicyclic amines) is 1. The molecule has 3 aromatic rings. The summed E-state index contributed by atoms with van der Waals surface area (Å²) in [5, 5.41) is 12.8. The molecule has 4 rings (SSSR count). The summed E-state index contributed by atoms with van der Waals surface area (Å²) < 4.78 is 36.6. The molecule has 3 unspecified atom stereocenters. The van der Waals surface area contributed by atoms with Crippen LogP contribution in [0.1, 0.15) is 43.9 Å². The normalized spacial score (nSPS) is 18.1. The van der Waals surface area contributed by atoms with Gasteiger partial charge in [0.1, 0.15) is 11.5 Å². The zero-order valence-electron chi connectivity index (χ0n) is 23.7. The van der Waals surface area contributed by atoms with E-state index >= 15 is 4.39 Å². The topological polar surface area (TPSA) is 141 Å². The van der Waals surface area contributed by atoms with Gasteiger partial charge in [-0.3, -0.25) is 14.5 Å². The highest BCUT2D eigenvalue weighted by molar-refractivity contribution is 6.00. The Morgan fingerprint density at radius 2 is 1.56 bits per heavy atom. The quantitative estimate of drug-likeness (QED) is 0.272. The summed E-state index contributed by atoms with van der Waals surface area (Å²) in [6.07, 6.45) is -2.88. The minimum atomic E-state index is -1.65. The maximum absolute atomic E-state index is 15.3. The van der Waals surface area contributed by atoms with Gasteiger partial charge in [-0.1, -0.05) is 24.3 Å². The van der Waals surface area contributed by atoms with Crippen LogP contribution in [0.25, 0.3) is 0 Å². The summed E-state index contributed by atoms with van der Waals surface area (Å²) in [5.41, 5.74) is -0.126. The lowest BCUT2D eigenvalue weighted by Gasteiger charge is -2.35. The van der Waals surface area contributed by atoms with Gasteiger partial charge in [0.05, 0.1) is 38.5 Å². The van der Waals surface area contributed by atoms with Crippen LogP contribution in [0.5, 0.6) is 17.2 Å². The van der Waals surface area contributed by atoms with E-state index in [1.807, 2.05) is 0 Å². The van der Waals surface area contributed by atoms with E-state index in [4.69, 9.17) is 18.9 Å². The minimum absolute atomic E-state index is 0.0467. The summed E-state index contributed by atoms with van der Waals surface area (Å²) in [5.74, 6) is -4.00. The molecule has 0 aliphatic carbocycles. The number of nitrogens with one attached hydrogen (secondary N) is 1. The van der Waals surface area contributed by atoms with E-state index in [0.717, 1.165) is 4.90 Å². The van der Waals surface area contributed by atoms with E-state index in [2.05, 4.69) is 5.32 Å². The van der Waals surface area contributed by atoms with Crippen LogP contribution in [-0.2, 0) is 4.74 Å². The van der Waals surface area contributed by atoms with Crippen LogP contribution >= 0.6 is 0 Å². The van der Waals surface area contributed by atoms with E-state index in [-0.39, 0.29) is 41.8 Å². The Morgan fingerprint density at radius 1 is 0.884 bits per heavy atom. The van der Waals surface area contributed by atoms with Crippen molar-refractivity contribution < 1.29 is 47.6 Å². The zero-order valence-corrected chi connectivity index (χ0v) is 23.7. The molecule has 1 heterocycles. The molecule has 2 N–H and O–H groups in total. The molecule has 0 spiro atoms. The number of nitrogens with zero attached hydrogens (tertiary/aromatic N) is 1. The van der Waals surface area contributed by atoms with Gasteiger partial charge in [0.15, 0.2) is 17.3 Å². The zero-order chi connectivity index (χ0) is 31.1. The van der Waals surface area contributed by atoms with E-state index in [1.54, 1.807) is 24.3 Å². The van der Waals surface area contributed by atoms with Crippen molar-refractivity contribution in [3.05, 3.63) is 89.2 Å². The van der Waals surface area contributed by atoms with Gasteiger partial charge < -0.3 is 29.4 Å². The van der Waals surface area contributed by atoms with E-state index in [0.29, 0.717) is 11.5 Å². The van der Waals surface area contributed by atoms with E-state index < -0.39 is 47.8 Å². The van der Waals surface area contributed by atoms with Crippen LogP contribution in [0.2, 0.25) is 0 Å². The summed E-state index contributed by atoms with van der Waals surface area (Å²) in [6, 6.07) is 14.9. The summed E-state index contributed by atoms with van der Waals surface area (Å²) in [4.78, 5) is 54.1. The molecule has 0 saturated carbocycles. The first kappa shape index (κ1) is 30.8. The van der Waals surface area contributed by atoms with Gasteiger partial charge in [0.25, 0.3) is 5.91 Å². The van der Waals surface area contributed by atoms with Gasteiger partial charge in [0, 0.05) is 24.1 Å². The second-order valence-corrected chi connectivity index (χ2v) is 9.67. The van der Waals surface area contributed by atoms with Crippen LogP contribution in [-0.4, -0.2) is 73.9 Å². The fourth-order valence-electron chi connectivity index (χ4n) is 4.97. The van der Waals surface area contributed by atoms with Crippen molar-refractivity contribution in [1.82, 2.24) is 10.2 Å². The number of esters is 1. The Morgan fingerprint density at radius 3 is 2.16 bits per heavy atom. The van der Waals surface area contributed by atoms with Crippen molar-refractivity contribution in [3.8, 4) is 17.2 Å². The van der Waals surface area contributed by atoms with Gasteiger partial charge in [0.2, 0.25) is 6.23 Å². The average Bonchev–Trinajstić information content (AvgIpc) is 3.20. The molecule has 0 bridgehead atoms. The van der Waals surface area contributed by atoms with Crippen molar-refractivity contribution in [2.24, 2.45) is 5.92 Å². The number of methoxy groups -OCH3 is 3. The number of carboxylic acid groups (broad SMARTS) is 1. The lowest BCUT2D eigenvalue weighted by Crippen LogP contribution is -2.58. The number of ether oxygens (including phenoxy) is 4. The van der Waals surface area contributed by atoms with Crippen LogP contribution < -0.4 is 19.5 Å². The fourth-order valence-corrected chi connectivity index (χ4v) is 4.97. The van der Waals surface area contributed by atoms with Gasteiger partial charge in [-0.25, -0.2) is 14.0 Å². The molecule has 12 heteroatoms. The number of carbonyl (C=O) groups is 4. The Bertz CT molecular complexity index is 1480. The Labute approximate surface area is 247 Å². The fraction of sp³-hybridized carbons (Fsp3) is 0.290. The number of hydrogen-bond acceptors (Lipinski definition) is 8. The average molecular weight is 595 g/mol. The molecule has 11 nitrogen and oxygen atoms in total. The molecule has 0 radical (unpaired) electrons. The maximum Gasteiger partial charge on any atom is 0.410 e. The van der Waals surface area contributed by atoms with Crippen molar-refractivity contribution in [3.63, 3.8) is 0 Å². The number of ketones is 1. The lowest BCUT2D eigenvalue weighted by molar-refractivity contribution is -0.0416. The standard InChI is InChI=1S/C31H31FN2O9/c1-40-20-15-19(16-21(17-20)41-2)28(36)33-26-23(27(35)22-11-7-13-24(42-3)25(22)32)12-8-14-34(31(38)39)29(26)43-30(37)18-9-5-4-6-10-18/h4-7,9-11,13,15-17,23,26,29H,8,12,14H2,1-3H3,(H,33,36)(H,38,39). The summed E-state index contributed by atoms with van der Waals surface area (Å²) >= 11 is 0. The summed E-state index contributed by atoms with van der Waals surface area (Å²) in [6.45, 7) is -0.119. The molecule has 226 valence electrons. The largest absolute Gasteiger partial charge is 0.497 e. The van der Waals surface area contributed by atoms with Crippen molar-refractivity contribution >= 4 is 23.8 Å². The predicted molar refractivity (Wildman–Crippen MR) is 151 cm³/mol. The molecular weight excluding hydrogens is 563 g/mol. The number of benzene rings is 3.